The number of hydrogen-bond acceptors (Lipinski definition) is 20. The monoisotopic (exact) mass is 1450 g/mol. The van der Waals surface area contributed by atoms with Crippen LogP contribution in [0.5, 0.6) is 0 Å². The molecule has 0 spiro atoms. The number of rotatable bonds is 63. The van der Waals surface area contributed by atoms with Gasteiger partial charge in [0.25, 0.3) is 5.79 Å². The molecule has 18 unspecified atom stereocenters. The molecule has 3 rings (SSSR count). The van der Waals surface area contributed by atoms with E-state index in [1.54, 1.807) is 0 Å². The Balaban J connectivity index is 1.52. The Hall–Kier alpha value is -2.79. The lowest BCUT2D eigenvalue weighted by molar-refractivity contribution is -0.386. The lowest BCUT2D eigenvalue weighted by atomic mass is 9.88. The van der Waals surface area contributed by atoms with Crippen molar-refractivity contribution in [3.8, 4) is 0 Å². The second-order valence-corrected chi connectivity index (χ2v) is 29.3. The van der Waals surface area contributed by atoms with Crippen molar-refractivity contribution in [2.24, 2.45) is 0 Å². The summed E-state index contributed by atoms with van der Waals surface area (Å²) in [6, 6.07) is -2.54. The van der Waals surface area contributed by atoms with Gasteiger partial charge in [-0.15, -0.1) is 0 Å². The summed E-state index contributed by atoms with van der Waals surface area (Å²) in [5.74, 6) is -6.10. The van der Waals surface area contributed by atoms with Crippen molar-refractivity contribution >= 4 is 17.8 Å². The Morgan fingerprint density at radius 1 is 0.515 bits per heavy atom. The number of carboxylic acids is 1. The predicted octanol–water partition coefficient (Wildman–Crippen LogP) is 10.4. The molecule has 23 nitrogen and oxygen atoms in total. The van der Waals surface area contributed by atoms with E-state index in [0.717, 1.165) is 71.1 Å². The largest absolute Gasteiger partial charge is 0.477 e. The van der Waals surface area contributed by atoms with E-state index in [1.165, 1.54) is 199 Å². The standard InChI is InChI=1S/C78H144N2O21/c1-4-6-8-10-12-14-16-18-20-22-24-26-28-29-30-32-34-36-38-40-42-44-46-48-50-52-65(88)80-59(60(85)51-49-47-45-43-41-39-37-35-33-31-27-25-23-21-19-17-15-13-11-9-7-5-2)57-96-75-70(92)69(91)72(64(56-83)98-75)99-76-71(93)74(68(90)63(55-82)97-76)101-78(77(94)95)53-61(86)66(79-58(3)84)73(100-78)67(89)62(87)54-81/h24,26,29-30,59-64,66-76,81-83,85-87,89-93H,4-23,25,27-28,31-57H2,1-3H3,(H,79,84)(H,80,88)(H,94,95)/b26-24-,30-29-. The zero-order chi connectivity index (χ0) is 73.9. The Morgan fingerprint density at radius 2 is 0.950 bits per heavy atom. The number of amides is 2. The molecule has 3 saturated heterocycles. The van der Waals surface area contributed by atoms with Crippen LogP contribution in [0.2, 0.25) is 0 Å². The highest BCUT2D eigenvalue weighted by atomic mass is 16.8. The maximum absolute atomic E-state index is 13.6. The SMILES string of the molecule is CCCCCCCCCCC/C=C\C/C=C\CCCCCCCCCCCC(=O)NC(COC1OC(CO)C(OC2OC(CO)C(O)C(OC3(C(=O)O)CC(O)C(NC(C)=O)C(C(O)C(O)CO)O3)C2O)C(O)C1O)C(O)CCCCCCCCCCCCCCCCCCCCCCCC. The molecular formula is C78H144N2O21. The van der Waals surface area contributed by atoms with E-state index < -0.39 is 148 Å². The number of aliphatic hydroxyl groups is 11. The Kier molecular flexibility index (Phi) is 52.5. The minimum atomic E-state index is -3.08. The molecule has 0 aromatic carbocycles. The molecule has 3 aliphatic rings. The molecule has 101 heavy (non-hydrogen) atoms. The fourth-order valence-electron chi connectivity index (χ4n) is 14.0. The van der Waals surface area contributed by atoms with E-state index in [1.807, 2.05) is 0 Å². The second-order valence-electron chi connectivity index (χ2n) is 29.3. The molecule has 0 bridgehead atoms. The van der Waals surface area contributed by atoms with Gasteiger partial charge >= 0.3 is 5.97 Å². The summed E-state index contributed by atoms with van der Waals surface area (Å²) in [7, 11) is 0. The van der Waals surface area contributed by atoms with Crippen molar-refractivity contribution in [3.05, 3.63) is 24.3 Å². The van der Waals surface area contributed by atoms with Crippen LogP contribution in [0.3, 0.4) is 0 Å². The van der Waals surface area contributed by atoms with Crippen LogP contribution in [0.4, 0.5) is 0 Å². The highest BCUT2D eigenvalue weighted by Gasteiger charge is 2.60. The summed E-state index contributed by atoms with van der Waals surface area (Å²) in [6.45, 7) is 2.25. The van der Waals surface area contributed by atoms with Gasteiger partial charge in [-0.2, -0.15) is 0 Å². The van der Waals surface area contributed by atoms with Crippen molar-refractivity contribution in [1.29, 1.82) is 0 Å². The summed E-state index contributed by atoms with van der Waals surface area (Å²) >= 11 is 0. The van der Waals surface area contributed by atoms with Gasteiger partial charge in [0, 0.05) is 19.8 Å². The van der Waals surface area contributed by atoms with Gasteiger partial charge in [-0.1, -0.05) is 276 Å². The Labute approximate surface area is 606 Å². The average molecular weight is 1450 g/mol. The Morgan fingerprint density at radius 3 is 1.39 bits per heavy atom. The van der Waals surface area contributed by atoms with Crippen molar-refractivity contribution in [3.63, 3.8) is 0 Å². The van der Waals surface area contributed by atoms with Gasteiger partial charge in [0.15, 0.2) is 12.6 Å². The van der Waals surface area contributed by atoms with Crippen LogP contribution in [0.25, 0.3) is 0 Å². The first kappa shape index (κ1) is 92.4. The van der Waals surface area contributed by atoms with Gasteiger partial charge in [0.1, 0.15) is 67.1 Å². The van der Waals surface area contributed by atoms with Gasteiger partial charge < -0.3 is 100 Å². The van der Waals surface area contributed by atoms with Crippen molar-refractivity contribution in [2.75, 3.05) is 26.4 Å². The van der Waals surface area contributed by atoms with Gasteiger partial charge in [-0.3, -0.25) is 9.59 Å². The summed E-state index contributed by atoms with van der Waals surface area (Å²) in [5, 5.41) is 137. The molecule has 18 atom stereocenters. The second kappa shape index (κ2) is 57.4. The van der Waals surface area contributed by atoms with Crippen LogP contribution in [0.1, 0.15) is 316 Å². The highest BCUT2D eigenvalue weighted by Crippen LogP contribution is 2.39. The van der Waals surface area contributed by atoms with Crippen LogP contribution < -0.4 is 10.6 Å². The van der Waals surface area contributed by atoms with E-state index in [4.69, 9.17) is 28.4 Å². The number of carbonyl (C=O) groups excluding carboxylic acids is 2. The molecule has 0 aromatic heterocycles. The highest BCUT2D eigenvalue weighted by molar-refractivity contribution is 5.77. The molecule has 0 aliphatic carbocycles. The first-order valence-corrected chi connectivity index (χ1v) is 40.2. The number of carboxylic acid groups (broad SMARTS) is 1. The number of allylic oxidation sites excluding steroid dienone is 4. The van der Waals surface area contributed by atoms with Gasteiger partial charge in [-0.05, 0) is 44.9 Å². The maximum atomic E-state index is 13.6. The summed E-state index contributed by atoms with van der Waals surface area (Å²) in [5.41, 5.74) is 0. The fraction of sp³-hybridized carbons (Fsp3) is 0.910. The van der Waals surface area contributed by atoms with Gasteiger partial charge in [0.05, 0.1) is 50.7 Å². The fourth-order valence-corrected chi connectivity index (χ4v) is 14.0. The van der Waals surface area contributed by atoms with Crippen molar-refractivity contribution < 1.29 is 104 Å². The van der Waals surface area contributed by atoms with Crippen molar-refractivity contribution in [1.82, 2.24) is 10.6 Å². The minimum absolute atomic E-state index is 0.219. The molecule has 592 valence electrons. The van der Waals surface area contributed by atoms with Crippen LogP contribution in [0, 0.1) is 0 Å². The molecule has 0 aromatic rings. The lowest BCUT2D eigenvalue weighted by Gasteiger charge is -2.50. The molecule has 3 heterocycles. The van der Waals surface area contributed by atoms with E-state index in [-0.39, 0.29) is 18.9 Å². The molecule has 3 fully saturated rings. The Bertz CT molecular complexity index is 2110. The summed E-state index contributed by atoms with van der Waals surface area (Å²) in [4.78, 5) is 38.7. The van der Waals surface area contributed by atoms with Crippen LogP contribution in [0.15, 0.2) is 24.3 Å². The van der Waals surface area contributed by atoms with E-state index >= 15 is 0 Å². The van der Waals surface area contributed by atoms with E-state index in [0.29, 0.717) is 19.3 Å². The van der Waals surface area contributed by atoms with E-state index in [9.17, 15) is 75.7 Å². The number of unbranched alkanes of at least 4 members (excludes halogenated alkanes) is 39. The molecule has 3 aliphatic heterocycles. The molecule has 23 heteroatoms. The third-order valence-electron chi connectivity index (χ3n) is 20.4. The topological polar surface area (TPSA) is 373 Å². The van der Waals surface area contributed by atoms with Crippen molar-refractivity contribution in [2.45, 2.75) is 426 Å². The van der Waals surface area contributed by atoms with Crippen LogP contribution in [-0.2, 0) is 42.8 Å². The number of hydrogen-bond donors (Lipinski definition) is 14. The predicted molar refractivity (Wildman–Crippen MR) is 389 cm³/mol. The molecule has 14 N–H and O–H groups in total. The van der Waals surface area contributed by atoms with Gasteiger partial charge in [0.2, 0.25) is 11.8 Å². The maximum Gasteiger partial charge on any atom is 0.364 e. The van der Waals surface area contributed by atoms with Crippen LogP contribution in [-0.4, -0.2) is 215 Å². The number of ether oxygens (including phenoxy) is 6. The number of nitrogens with one attached hydrogen (secondary N) is 2. The lowest BCUT2D eigenvalue weighted by Crippen LogP contribution is -2.70. The van der Waals surface area contributed by atoms with Gasteiger partial charge in [-0.25, -0.2) is 4.79 Å². The minimum Gasteiger partial charge on any atom is -0.477 e. The first-order chi connectivity index (χ1) is 48.9. The smallest absolute Gasteiger partial charge is 0.364 e. The molecule has 0 radical (unpaired) electrons. The zero-order valence-electron chi connectivity index (χ0n) is 62.5. The normalized spacial score (nSPS) is 26.9. The number of aliphatic carboxylic acids is 1. The van der Waals surface area contributed by atoms with Crippen LogP contribution >= 0.6 is 0 Å². The third kappa shape index (κ3) is 38.0. The van der Waals surface area contributed by atoms with E-state index in [2.05, 4.69) is 48.8 Å². The quantitative estimate of drug-likeness (QED) is 0.0199. The average Bonchev–Trinajstić information content (AvgIpc) is 0.756. The molecular weight excluding hydrogens is 1300 g/mol. The number of carbonyl (C=O) groups is 3. The summed E-state index contributed by atoms with van der Waals surface area (Å²) < 4.78 is 35.0. The number of aliphatic hydroxyl groups excluding tert-OH is 11. The summed E-state index contributed by atoms with van der Waals surface area (Å²) in [6.07, 6.45) is 33.1. The molecule has 0 saturated carbocycles. The first-order valence-electron chi connectivity index (χ1n) is 40.2. The molecule has 2 amide bonds. The zero-order valence-corrected chi connectivity index (χ0v) is 62.5. The third-order valence-corrected chi connectivity index (χ3v) is 20.4.